The Morgan fingerprint density at radius 2 is 1.90 bits per heavy atom. The largest absolute Gasteiger partial charge is 0.348 e. The highest BCUT2D eigenvalue weighted by molar-refractivity contribution is 7.12. The first-order valence-electron chi connectivity index (χ1n) is 10.7. The molecule has 6 nitrogen and oxygen atoms in total. The van der Waals surface area contributed by atoms with Crippen LogP contribution < -0.4 is 10.9 Å². The molecule has 1 fully saturated rings. The van der Waals surface area contributed by atoms with E-state index in [1.165, 1.54) is 17.7 Å². The first kappa shape index (κ1) is 25.6. The second kappa shape index (κ2) is 10.8. The molecule has 1 atom stereocenters. The summed E-state index contributed by atoms with van der Waals surface area (Å²) in [7, 11) is 4.31. The Kier molecular flexibility index (Phi) is 8.89. The van der Waals surface area contributed by atoms with Crippen molar-refractivity contribution < 1.29 is 4.79 Å². The molecule has 0 aliphatic carbocycles. The molecule has 2 N–H and O–H groups in total. The van der Waals surface area contributed by atoms with Crippen molar-refractivity contribution in [2.45, 2.75) is 59.2 Å². The lowest BCUT2D eigenvalue weighted by Gasteiger charge is -2.38. The van der Waals surface area contributed by atoms with Crippen LogP contribution in [-0.2, 0) is 6.54 Å². The third-order valence-corrected chi connectivity index (χ3v) is 7.51. The third-order valence-electron chi connectivity index (χ3n) is 6.29. The summed E-state index contributed by atoms with van der Waals surface area (Å²) in [5, 5.41) is 2.94. The van der Waals surface area contributed by atoms with Gasteiger partial charge in [-0.25, -0.2) is 0 Å². The third kappa shape index (κ3) is 5.98. The van der Waals surface area contributed by atoms with Gasteiger partial charge in [0.15, 0.2) is 0 Å². The maximum Gasteiger partial charge on any atom is 0.253 e. The summed E-state index contributed by atoms with van der Waals surface area (Å²) in [5.74, 6) is -0.118. The van der Waals surface area contributed by atoms with Crippen LogP contribution in [0.5, 0.6) is 0 Å². The zero-order valence-electron chi connectivity index (χ0n) is 19.4. The maximum absolute atomic E-state index is 12.8. The molecule has 0 aromatic carbocycles. The van der Waals surface area contributed by atoms with Crippen LogP contribution in [0.2, 0.25) is 0 Å². The highest BCUT2D eigenvalue weighted by atomic mass is 35.5. The van der Waals surface area contributed by atoms with Gasteiger partial charge in [-0.05, 0) is 72.3 Å². The number of likely N-dealkylation sites (tertiary alicyclic amines) is 1. The molecule has 1 unspecified atom stereocenters. The quantitative estimate of drug-likeness (QED) is 0.679. The minimum Gasteiger partial charge on any atom is -0.348 e. The van der Waals surface area contributed by atoms with Crippen LogP contribution in [0.3, 0.4) is 0 Å². The predicted octanol–water partition coefficient (Wildman–Crippen LogP) is 3.80. The summed E-state index contributed by atoms with van der Waals surface area (Å²) in [6, 6.07) is 4.93. The fraction of sp³-hybridized carbons (Fsp3) is 0.565. The molecule has 8 heteroatoms. The Labute approximate surface area is 195 Å². The Bertz CT molecular complexity index is 961. The Balaban J connectivity index is 0.00000341. The fourth-order valence-corrected chi connectivity index (χ4v) is 5.38. The van der Waals surface area contributed by atoms with Crippen molar-refractivity contribution in [2.24, 2.45) is 0 Å². The van der Waals surface area contributed by atoms with Gasteiger partial charge in [0.05, 0.1) is 5.56 Å². The van der Waals surface area contributed by atoms with Crippen molar-refractivity contribution in [1.82, 2.24) is 20.1 Å². The average Bonchev–Trinajstić information content (AvgIpc) is 3.08. The summed E-state index contributed by atoms with van der Waals surface area (Å²) >= 11 is 1.70. The zero-order valence-corrected chi connectivity index (χ0v) is 21.0. The number of carbonyl (C=O) groups is 1. The van der Waals surface area contributed by atoms with Crippen LogP contribution in [0.15, 0.2) is 16.9 Å². The molecule has 31 heavy (non-hydrogen) atoms. The Morgan fingerprint density at radius 1 is 1.26 bits per heavy atom. The number of H-pyrrole nitrogens is 1. The van der Waals surface area contributed by atoms with E-state index in [1.54, 1.807) is 11.3 Å². The van der Waals surface area contributed by atoms with E-state index in [9.17, 15) is 9.59 Å². The number of nitrogens with one attached hydrogen (secondary N) is 2. The molecular formula is C23H35ClN4O2S. The molecule has 1 aliphatic rings. The molecule has 2 aromatic heterocycles. The molecule has 1 amide bonds. The summed E-state index contributed by atoms with van der Waals surface area (Å²) in [4.78, 5) is 34.9. The lowest BCUT2D eigenvalue weighted by atomic mass is 10.0. The molecule has 172 valence electrons. The van der Waals surface area contributed by atoms with Crippen LogP contribution in [0.25, 0.3) is 0 Å². The fourth-order valence-electron chi connectivity index (χ4n) is 4.27. The maximum atomic E-state index is 12.8. The number of carbonyl (C=O) groups excluding carboxylic acids is 1. The second-order valence-corrected chi connectivity index (χ2v) is 9.94. The van der Waals surface area contributed by atoms with E-state index in [-0.39, 0.29) is 30.4 Å². The van der Waals surface area contributed by atoms with E-state index in [0.717, 1.165) is 29.2 Å². The van der Waals surface area contributed by atoms with Gasteiger partial charge in [0, 0.05) is 52.7 Å². The van der Waals surface area contributed by atoms with Gasteiger partial charge in [0.2, 0.25) is 0 Å². The monoisotopic (exact) mass is 466 g/mol. The lowest BCUT2D eigenvalue weighted by Crippen LogP contribution is -2.42. The number of pyridine rings is 1. The number of piperidine rings is 1. The molecule has 2 aromatic rings. The first-order chi connectivity index (χ1) is 14.2. The predicted molar refractivity (Wildman–Crippen MR) is 131 cm³/mol. The number of hydrogen-bond acceptors (Lipinski definition) is 5. The summed E-state index contributed by atoms with van der Waals surface area (Å²) in [6.45, 7) is 10.4. The number of amides is 1. The smallest absolute Gasteiger partial charge is 0.253 e. The van der Waals surface area contributed by atoms with Gasteiger partial charge < -0.3 is 15.2 Å². The summed E-state index contributed by atoms with van der Waals surface area (Å²) < 4.78 is 0. The zero-order chi connectivity index (χ0) is 22.0. The SMILES string of the molecule is Cc1cc(C)c(CNC(=O)c2cc(C(C)N3CCC(N(C)C)CC3)sc2C)c(=O)[nH]1.Cl. The number of nitrogens with zero attached hydrogens (tertiary/aromatic N) is 2. The van der Waals surface area contributed by atoms with E-state index in [2.05, 4.69) is 41.1 Å². The van der Waals surface area contributed by atoms with E-state index in [4.69, 9.17) is 0 Å². The number of rotatable bonds is 6. The minimum atomic E-state index is -0.134. The van der Waals surface area contributed by atoms with Gasteiger partial charge in [-0.2, -0.15) is 0 Å². The molecule has 3 rings (SSSR count). The van der Waals surface area contributed by atoms with Gasteiger partial charge in [0.1, 0.15) is 0 Å². The number of aromatic nitrogens is 1. The van der Waals surface area contributed by atoms with Crippen LogP contribution in [0, 0.1) is 20.8 Å². The van der Waals surface area contributed by atoms with E-state index in [1.807, 2.05) is 32.9 Å². The number of halogens is 1. The lowest BCUT2D eigenvalue weighted by molar-refractivity contribution is 0.0950. The minimum absolute atomic E-state index is 0. The topological polar surface area (TPSA) is 68.4 Å². The highest BCUT2D eigenvalue weighted by Crippen LogP contribution is 2.32. The van der Waals surface area contributed by atoms with Crippen LogP contribution in [0.1, 0.15) is 62.7 Å². The van der Waals surface area contributed by atoms with Gasteiger partial charge in [-0.3, -0.25) is 14.5 Å². The van der Waals surface area contributed by atoms with Gasteiger partial charge >= 0.3 is 0 Å². The van der Waals surface area contributed by atoms with Crippen molar-refractivity contribution >= 4 is 29.7 Å². The molecule has 0 spiro atoms. The molecule has 0 radical (unpaired) electrons. The van der Waals surface area contributed by atoms with Gasteiger partial charge in [0.25, 0.3) is 11.5 Å². The van der Waals surface area contributed by atoms with E-state index in [0.29, 0.717) is 23.2 Å². The van der Waals surface area contributed by atoms with Gasteiger partial charge in [-0.15, -0.1) is 23.7 Å². The van der Waals surface area contributed by atoms with Crippen LogP contribution in [0.4, 0.5) is 0 Å². The van der Waals surface area contributed by atoms with Crippen LogP contribution >= 0.6 is 23.7 Å². The number of hydrogen-bond donors (Lipinski definition) is 2. The van der Waals surface area contributed by atoms with Gasteiger partial charge in [-0.1, -0.05) is 0 Å². The van der Waals surface area contributed by atoms with E-state index < -0.39 is 0 Å². The number of aryl methyl sites for hydroxylation is 3. The molecule has 3 heterocycles. The molecule has 1 saturated heterocycles. The van der Waals surface area contributed by atoms with Crippen molar-refractivity contribution in [1.29, 1.82) is 0 Å². The Hall–Kier alpha value is -1.67. The number of thiophene rings is 1. The average molecular weight is 467 g/mol. The van der Waals surface area contributed by atoms with Crippen molar-refractivity contribution in [3.05, 3.63) is 54.6 Å². The molecular weight excluding hydrogens is 432 g/mol. The Morgan fingerprint density at radius 3 is 2.48 bits per heavy atom. The van der Waals surface area contributed by atoms with Crippen molar-refractivity contribution in [2.75, 3.05) is 27.2 Å². The first-order valence-corrected chi connectivity index (χ1v) is 11.5. The van der Waals surface area contributed by atoms with Crippen molar-refractivity contribution in [3.63, 3.8) is 0 Å². The second-order valence-electron chi connectivity index (χ2n) is 8.65. The number of aromatic amines is 1. The highest BCUT2D eigenvalue weighted by Gasteiger charge is 2.26. The normalized spacial score (nSPS) is 16.2. The van der Waals surface area contributed by atoms with E-state index >= 15 is 0 Å². The molecule has 0 bridgehead atoms. The molecule has 0 saturated carbocycles. The molecule has 1 aliphatic heterocycles. The van der Waals surface area contributed by atoms with Crippen molar-refractivity contribution in [3.8, 4) is 0 Å². The summed E-state index contributed by atoms with van der Waals surface area (Å²) in [5.41, 5.74) is 2.92. The standard InChI is InChI=1S/C23H34N4O2S.ClH/c1-14-11-15(2)25-23(29)20(14)13-24-22(28)19-12-21(30-17(19)4)16(3)27-9-7-18(8-10-27)26(5)6;/h11-12,16,18H,7-10,13H2,1-6H3,(H,24,28)(H,25,29);1H. The van der Waals surface area contributed by atoms with Crippen LogP contribution in [-0.4, -0.2) is 53.9 Å². The summed E-state index contributed by atoms with van der Waals surface area (Å²) in [6.07, 6.45) is 2.36.